The first-order chi connectivity index (χ1) is 7.41. The van der Waals surface area contributed by atoms with Gasteiger partial charge in [0.15, 0.2) is 0 Å². The number of aryl methyl sites for hydroxylation is 1. The summed E-state index contributed by atoms with van der Waals surface area (Å²) in [6.45, 7) is 5.31. The van der Waals surface area contributed by atoms with E-state index >= 15 is 0 Å². The molecule has 0 saturated heterocycles. The first kappa shape index (κ1) is 12.2. The quantitative estimate of drug-likeness (QED) is 0.822. The van der Waals surface area contributed by atoms with Crippen molar-refractivity contribution in [3.63, 3.8) is 0 Å². The molecule has 1 aromatic rings. The minimum Gasteiger partial charge on any atom is -0.478 e. The van der Waals surface area contributed by atoms with Crippen molar-refractivity contribution in [3.8, 4) is 0 Å². The molecule has 2 N–H and O–H groups in total. The molecule has 0 heterocycles. The summed E-state index contributed by atoms with van der Waals surface area (Å²) in [5.41, 5.74) is 1.31. The van der Waals surface area contributed by atoms with Crippen LogP contribution in [0.15, 0.2) is 18.2 Å². The predicted molar refractivity (Wildman–Crippen MR) is 61.6 cm³/mol. The summed E-state index contributed by atoms with van der Waals surface area (Å²) in [6.07, 6.45) is 0. The molecule has 0 fully saturated rings. The van der Waals surface area contributed by atoms with Crippen molar-refractivity contribution in [2.24, 2.45) is 5.92 Å². The first-order valence-electron chi connectivity index (χ1n) is 5.06. The van der Waals surface area contributed by atoms with Crippen molar-refractivity contribution in [3.05, 3.63) is 29.3 Å². The van der Waals surface area contributed by atoms with Crippen LogP contribution < -0.4 is 5.32 Å². The maximum atomic E-state index is 11.5. The largest absolute Gasteiger partial charge is 0.478 e. The van der Waals surface area contributed by atoms with E-state index in [1.165, 1.54) is 6.07 Å². The second-order valence-electron chi connectivity index (χ2n) is 4.00. The number of carbonyl (C=O) groups excluding carboxylic acids is 1. The number of benzene rings is 1. The highest BCUT2D eigenvalue weighted by atomic mass is 16.4. The van der Waals surface area contributed by atoms with Crippen LogP contribution in [0.5, 0.6) is 0 Å². The fourth-order valence-electron chi connectivity index (χ4n) is 1.22. The Morgan fingerprint density at radius 2 is 1.94 bits per heavy atom. The number of nitrogens with one attached hydrogen (secondary N) is 1. The lowest BCUT2D eigenvalue weighted by Crippen LogP contribution is -2.19. The Bertz CT molecular complexity index is 424. The van der Waals surface area contributed by atoms with Gasteiger partial charge in [-0.1, -0.05) is 25.5 Å². The zero-order valence-corrected chi connectivity index (χ0v) is 9.57. The Morgan fingerprint density at radius 1 is 1.31 bits per heavy atom. The number of aromatic carboxylic acids is 1. The summed E-state index contributed by atoms with van der Waals surface area (Å²) in [5.74, 6) is -1.41. The van der Waals surface area contributed by atoms with Gasteiger partial charge in [-0.3, -0.25) is 4.79 Å². The molecular weight excluding hydrogens is 206 g/mol. The van der Waals surface area contributed by atoms with Gasteiger partial charge in [-0.25, -0.2) is 4.79 Å². The van der Waals surface area contributed by atoms with Gasteiger partial charge in [-0.15, -0.1) is 0 Å². The normalized spacial score (nSPS) is 10.2. The van der Waals surface area contributed by atoms with E-state index in [0.29, 0.717) is 5.69 Å². The number of amides is 1. The zero-order chi connectivity index (χ0) is 12.3. The van der Waals surface area contributed by atoms with E-state index in [2.05, 4.69) is 5.32 Å². The molecule has 16 heavy (non-hydrogen) atoms. The van der Waals surface area contributed by atoms with Crippen LogP contribution in [0.3, 0.4) is 0 Å². The molecule has 1 amide bonds. The fourth-order valence-corrected chi connectivity index (χ4v) is 1.22. The molecule has 4 nitrogen and oxygen atoms in total. The highest BCUT2D eigenvalue weighted by Crippen LogP contribution is 2.18. The molecule has 0 aromatic heterocycles. The van der Waals surface area contributed by atoms with Crippen LogP contribution in [0.1, 0.15) is 29.8 Å². The summed E-state index contributed by atoms with van der Waals surface area (Å²) in [6, 6.07) is 4.92. The molecule has 0 unspecified atom stereocenters. The number of hydrogen-bond acceptors (Lipinski definition) is 2. The molecule has 0 aliphatic rings. The Labute approximate surface area is 94.3 Å². The number of hydrogen-bond donors (Lipinski definition) is 2. The monoisotopic (exact) mass is 221 g/mol. The third-order valence-electron chi connectivity index (χ3n) is 2.19. The summed E-state index contributed by atoms with van der Waals surface area (Å²) in [7, 11) is 0. The third kappa shape index (κ3) is 2.82. The first-order valence-corrected chi connectivity index (χ1v) is 5.06. The van der Waals surface area contributed by atoms with Gasteiger partial charge in [0.05, 0.1) is 11.3 Å². The van der Waals surface area contributed by atoms with Crippen LogP contribution >= 0.6 is 0 Å². The van der Waals surface area contributed by atoms with Gasteiger partial charge in [0, 0.05) is 5.92 Å². The fraction of sp³-hybridized carbons (Fsp3) is 0.333. The standard InChI is InChI=1S/C12H15NO3/c1-7(2)11(14)13-10-5-4-8(3)6-9(10)12(15)16/h4-7H,1-3H3,(H,13,14)(H,15,16). The van der Waals surface area contributed by atoms with Gasteiger partial charge in [0.25, 0.3) is 0 Å². The molecule has 0 atom stereocenters. The molecule has 86 valence electrons. The lowest BCUT2D eigenvalue weighted by Gasteiger charge is -2.10. The Morgan fingerprint density at radius 3 is 2.44 bits per heavy atom. The summed E-state index contributed by atoms with van der Waals surface area (Å²) in [5, 5.41) is 11.6. The molecule has 0 spiro atoms. The van der Waals surface area contributed by atoms with Gasteiger partial charge in [0.2, 0.25) is 5.91 Å². The van der Waals surface area contributed by atoms with Crippen molar-refractivity contribution < 1.29 is 14.7 Å². The Kier molecular flexibility index (Phi) is 3.66. The lowest BCUT2D eigenvalue weighted by molar-refractivity contribution is -0.118. The number of carboxylic acids is 1. The number of carbonyl (C=O) groups is 2. The van der Waals surface area contributed by atoms with Crippen LogP contribution in [0.4, 0.5) is 5.69 Å². The van der Waals surface area contributed by atoms with E-state index in [1.807, 2.05) is 0 Å². The zero-order valence-electron chi connectivity index (χ0n) is 9.57. The molecule has 1 rings (SSSR count). The van der Waals surface area contributed by atoms with E-state index in [1.54, 1.807) is 32.9 Å². The number of anilines is 1. The van der Waals surface area contributed by atoms with Gasteiger partial charge in [-0.05, 0) is 19.1 Å². The van der Waals surface area contributed by atoms with Crippen LogP contribution in [0.25, 0.3) is 0 Å². The van der Waals surface area contributed by atoms with Crippen molar-refractivity contribution in [2.45, 2.75) is 20.8 Å². The summed E-state index contributed by atoms with van der Waals surface area (Å²) in [4.78, 5) is 22.4. The number of carboxylic acid groups (broad SMARTS) is 1. The summed E-state index contributed by atoms with van der Waals surface area (Å²) < 4.78 is 0. The van der Waals surface area contributed by atoms with Crippen molar-refractivity contribution in [2.75, 3.05) is 5.32 Å². The molecule has 0 radical (unpaired) electrons. The third-order valence-corrected chi connectivity index (χ3v) is 2.19. The molecule has 4 heteroatoms. The minimum absolute atomic E-state index is 0.119. The van der Waals surface area contributed by atoms with Crippen LogP contribution in [-0.4, -0.2) is 17.0 Å². The summed E-state index contributed by atoms with van der Waals surface area (Å²) >= 11 is 0. The predicted octanol–water partition coefficient (Wildman–Crippen LogP) is 2.29. The Balaban J connectivity index is 3.04. The van der Waals surface area contributed by atoms with E-state index in [4.69, 9.17) is 5.11 Å². The second kappa shape index (κ2) is 4.79. The van der Waals surface area contributed by atoms with E-state index < -0.39 is 5.97 Å². The van der Waals surface area contributed by atoms with Crippen molar-refractivity contribution in [1.82, 2.24) is 0 Å². The molecule has 0 aliphatic heterocycles. The maximum Gasteiger partial charge on any atom is 0.337 e. The smallest absolute Gasteiger partial charge is 0.337 e. The van der Waals surface area contributed by atoms with Gasteiger partial charge < -0.3 is 10.4 Å². The van der Waals surface area contributed by atoms with Gasteiger partial charge in [0.1, 0.15) is 0 Å². The molecular formula is C12H15NO3. The van der Waals surface area contributed by atoms with Gasteiger partial charge in [-0.2, -0.15) is 0 Å². The average Bonchev–Trinajstić information content (AvgIpc) is 2.20. The Hall–Kier alpha value is -1.84. The minimum atomic E-state index is -1.04. The highest BCUT2D eigenvalue weighted by molar-refractivity contribution is 6.01. The SMILES string of the molecule is Cc1ccc(NC(=O)C(C)C)c(C(=O)O)c1. The molecule has 0 aliphatic carbocycles. The van der Waals surface area contributed by atoms with Crippen molar-refractivity contribution in [1.29, 1.82) is 0 Å². The highest BCUT2D eigenvalue weighted by Gasteiger charge is 2.14. The van der Waals surface area contributed by atoms with Crippen LogP contribution in [-0.2, 0) is 4.79 Å². The van der Waals surface area contributed by atoms with Crippen LogP contribution in [0, 0.1) is 12.8 Å². The lowest BCUT2D eigenvalue weighted by atomic mass is 10.1. The second-order valence-corrected chi connectivity index (χ2v) is 4.00. The van der Waals surface area contributed by atoms with Crippen LogP contribution in [0.2, 0.25) is 0 Å². The molecule has 0 bridgehead atoms. The van der Waals surface area contributed by atoms with Gasteiger partial charge >= 0.3 is 5.97 Å². The molecule has 0 saturated carbocycles. The average molecular weight is 221 g/mol. The maximum absolute atomic E-state index is 11.5. The molecule has 1 aromatic carbocycles. The van der Waals surface area contributed by atoms with E-state index in [9.17, 15) is 9.59 Å². The van der Waals surface area contributed by atoms with Crippen molar-refractivity contribution >= 4 is 17.6 Å². The van der Waals surface area contributed by atoms with E-state index in [-0.39, 0.29) is 17.4 Å². The van der Waals surface area contributed by atoms with E-state index in [0.717, 1.165) is 5.56 Å². The topological polar surface area (TPSA) is 66.4 Å². The number of rotatable bonds is 3.